The molecule has 182 valence electrons. The van der Waals surface area contributed by atoms with E-state index in [1.807, 2.05) is 0 Å². The molecule has 0 aromatic carbocycles. The van der Waals surface area contributed by atoms with E-state index in [0.717, 1.165) is 0 Å². The Kier molecular flexibility index (Phi) is 13.0. The molecule has 0 bridgehead atoms. The standard InChI is InChI=1S/C18H31N5O8S/c1-8(2)5-10(16(28)23-12(7-32)18(30)31)22-17(29)11(6-14(25)26)21-15(27)9(19)3-4-13(20)24/h8-12,32H,3-7,19H2,1-2H3,(H2,20,24)(H,21,27)(H,22,29)(H,23,28)(H,25,26)(H,30,31). The SMILES string of the molecule is CC(C)CC(NC(=O)C(CC(=O)O)NC(=O)C(N)CCC(N)=O)C(=O)NC(CS)C(=O)O. The Bertz CT molecular complexity index is 717. The Balaban J connectivity index is 5.41. The van der Waals surface area contributed by atoms with Gasteiger partial charge in [0.25, 0.3) is 0 Å². The predicted octanol–water partition coefficient (Wildman–Crippen LogP) is -2.43. The van der Waals surface area contributed by atoms with Crippen LogP contribution in [0.4, 0.5) is 0 Å². The van der Waals surface area contributed by atoms with Gasteiger partial charge < -0.3 is 37.6 Å². The second-order valence-corrected chi connectivity index (χ2v) is 7.91. The number of carbonyl (C=O) groups excluding carboxylic acids is 4. The Morgan fingerprint density at radius 3 is 1.81 bits per heavy atom. The average Bonchev–Trinajstić information content (AvgIpc) is 2.67. The molecule has 4 unspecified atom stereocenters. The summed E-state index contributed by atoms with van der Waals surface area (Å²) in [4.78, 5) is 70.5. The molecule has 0 aliphatic rings. The lowest BCUT2D eigenvalue weighted by Crippen LogP contribution is -2.58. The minimum absolute atomic E-state index is 0.0972. The number of carboxylic acids is 2. The third kappa shape index (κ3) is 11.5. The molecule has 0 saturated carbocycles. The highest BCUT2D eigenvalue weighted by Gasteiger charge is 2.31. The van der Waals surface area contributed by atoms with Crippen LogP contribution in [0.5, 0.6) is 0 Å². The number of hydrogen-bond acceptors (Lipinski definition) is 8. The molecule has 4 amide bonds. The number of rotatable bonds is 15. The lowest BCUT2D eigenvalue weighted by Gasteiger charge is -2.25. The van der Waals surface area contributed by atoms with Crippen molar-refractivity contribution in [1.29, 1.82) is 0 Å². The lowest BCUT2D eigenvalue weighted by atomic mass is 10.0. The molecule has 0 aromatic rings. The monoisotopic (exact) mass is 477 g/mol. The fourth-order valence-corrected chi connectivity index (χ4v) is 2.77. The van der Waals surface area contributed by atoms with E-state index in [9.17, 15) is 28.8 Å². The zero-order valence-electron chi connectivity index (χ0n) is 17.9. The summed E-state index contributed by atoms with van der Waals surface area (Å²) in [5, 5.41) is 25.0. The quantitative estimate of drug-likeness (QED) is 0.117. The Hall–Kier alpha value is -2.87. The Labute approximate surface area is 190 Å². The third-order valence-corrected chi connectivity index (χ3v) is 4.55. The minimum Gasteiger partial charge on any atom is -0.481 e. The predicted molar refractivity (Wildman–Crippen MR) is 115 cm³/mol. The van der Waals surface area contributed by atoms with Gasteiger partial charge in [-0.25, -0.2) is 4.79 Å². The molecule has 32 heavy (non-hydrogen) atoms. The van der Waals surface area contributed by atoms with Crippen LogP contribution in [0.1, 0.15) is 39.5 Å². The normalized spacial score (nSPS) is 14.5. The summed E-state index contributed by atoms with van der Waals surface area (Å²) in [5.74, 6) is -6.33. The number of primary amides is 1. The first kappa shape index (κ1) is 29.1. The fourth-order valence-electron chi connectivity index (χ4n) is 2.52. The van der Waals surface area contributed by atoms with Crippen LogP contribution in [-0.4, -0.2) is 75.7 Å². The smallest absolute Gasteiger partial charge is 0.327 e. The number of amides is 4. The first-order valence-corrected chi connectivity index (χ1v) is 10.4. The van der Waals surface area contributed by atoms with Crippen molar-refractivity contribution in [3.63, 3.8) is 0 Å². The van der Waals surface area contributed by atoms with Crippen LogP contribution >= 0.6 is 12.6 Å². The van der Waals surface area contributed by atoms with E-state index in [1.165, 1.54) is 0 Å². The van der Waals surface area contributed by atoms with Gasteiger partial charge in [0.15, 0.2) is 0 Å². The number of hydrogen-bond donors (Lipinski definition) is 8. The molecule has 0 heterocycles. The fraction of sp³-hybridized carbons (Fsp3) is 0.667. The van der Waals surface area contributed by atoms with Crippen LogP contribution in [0.2, 0.25) is 0 Å². The molecule has 13 nitrogen and oxygen atoms in total. The highest BCUT2D eigenvalue weighted by molar-refractivity contribution is 7.80. The zero-order chi connectivity index (χ0) is 25.0. The molecule has 0 aromatic heterocycles. The van der Waals surface area contributed by atoms with Crippen molar-refractivity contribution in [1.82, 2.24) is 16.0 Å². The summed E-state index contributed by atoms with van der Waals surface area (Å²) in [6.45, 7) is 3.52. The summed E-state index contributed by atoms with van der Waals surface area (Å²) in [7, 11) is 0. The van der Waals surface area contributed by atoms with Gasteiger partial charge in [-0.05, 0) is 18.8 Å². The molecular formula is C18H31N5O8S. The molecular weight excluding hydrogens is 446 g/mol. The van der Waals surface area contributed by atoms with Gasteiger partial charge in [-0.2, -0.15) is 12.6 Å². The highest BCUT2D eigenvalue weighted by atomic mass is 32.1. The number of carboxylic acid groups (broad SMARTS) is 2. The zero-order valence-corrected chi connectivity index (χ0v) is 18.8. The number of thiol groups is 1. The van der Waals surface area contributed by atoms with Crippen molar-refractivity contribution in [3.05, 3.63) is 0 Å². The van der Waals surface area contributed by atoms with Gasteiger partial charge in [0.05, 0.1) is 12.5 Å². The van der Waals surface area contributed by atoms with E-state index in [2.05, 4.69) is 28.6 Å². The van der Waals surface area contributed by atoms with Gasteiger partial charge in [-0.1, -0.05) is 13.8 Å². The van der Waals surface area contributed by atoms with E-state index in [0.29, 0.717) is 0 Å². The third-order valence-electron chi connectivity index (χ3n) is 4.19. The molecule has 0 rings (SSSR count). The van der Waals surface area contributed by atoms with Crippen LogP contribution in [0, 0.1) is 5.92 Å². The minimum atomic E-state index is -1.57. The number of nitrogens with one attached hydrogen (secondary N) is 3. The molecule has 0 aliphatic carbocycles. The van der Waals surface area contributed by atoms with Gasteiger partial charge in [0, 0.05) is 12.2 Å². The van der Waals surface area contributed by atoms with Gasteiger partial charge >= 0.3 is 11.9 Å². The van der Waals surface area contributed by atoms with E-state index in [4.69, 9.17) is 21.7 Å². The maximum Gasteiger partial charge on any atom is 0.327 e. The number of nitrogens with two attached hydrogens (primary N) is 2. The summed E-state index contributed by atoms with van der Waals surface area (Å²) >= 11 is 3.86. The van der Waals surface area contributed by atoms with Gasteiger partial charge in [-0.3, -0.25) is 24.0 Å². The van der Waals surface area contributed by atoms with Crippen molar-refractivity contribution in [2.24, 2.45) is 17.4 Å². The molecule has 4 atom stereocenters. The van der Waals surface area contributed by atoms with E-state index in [-0.39, 0.29) is 30.9 Å². The average molecular weight is 478 g/mol. The molecule has 0 saturated heterocycles. The van der Waals surface area contributed by atoms with Gasteiger partial charge in [0.1, 0.15) is 18.1 Å². The molecule has 0 spiro atoms. The van der Waals surface area contributed by atoms with Crippen LogP contribution < -0.4 is 27.4 Å². The lowest BCUT2D eigenvalue weighted by molar-refractivity contribution is -0.143. The first-order chi connectivity index (χ1) is 14.8. The Morgan fingerprint density at radius 1 is 0.875 bits per heavy atom. The van der Waals surface area contributed by atoms with E-state index >= 15 is 0 Å². The van der Waals surface area contributed by atoms with Crippen molar-refractivity contribution in [3.8, 4) is 0 Å². The summed E-state index contributed by atoms with van der Waals surface area (Å²) in [5.41, 5.74) is 10.6. The van der Waals surface area contributed by atoms with Crippen molar-refractivity contribution in [2.45, 2.75) is 63.7 Å². The summed E-state index contributed by atoms with van der Waals surface area (Å²) in [6.07, 6.45) is -0.981. The Morgan fingerprint density at radius 2 is 1.38 bits per heavy atom. The van der Waals surface area contributed by atoms with Crippen LogP contribution in [0.3, 0.4) is 0 Å². The van der Waals surface area contributed by atoms with Crippen LogP contribution in [-0.2, 0) is 28.8 Å². The molecule has 0 aliphatic heterocycles. The highest BCUT2D eigenvalue weighted by Crippen LogP contribution is 2.07. The second kappa shape index (κ2) is 14.2. The van der Waals surface area contributed by atoms with Crippen molar-refractivity contribution < 1.29 is 39.0 Å². The second-order valence-electron chi connectivity index (χ2n) is 7.54. The summed E-state index contributed by atoms with van der Waals surface area (Å²) < 4.78 is 0. The topological polar surface area (TPSA) is 231 Å². The van der Waals surface area contributed by atoms with Crippen molar-refractivity contribution in [2.75, 3.05) is 5.75 Å². The maximum absolute atomic E-state index is 12.7. The molecule has 0 radical (unpaired) electrons. The van der Waals surface area contributed by atoms with Gasteiger partial charge in [0.2, 0.25) is 23.6 Å². The van der Waals surface area contributed by atoms with E-state index in [1.54, 1.807) is 13.8 Å². The van der Waals surface area contributed by atoms with Gasteiger partial charge in [-0.15, -0.1) is 0 Å². The number of carbonyl (C=O) groups is 6. The molecule has 0 fully saturated rings. The van der Waals surface area contributed by atoms with Crippen LogP contribution in [0.15, 0.2) is 0 Å². The maximum atomic E-state index is 12.7. The van der Waals surface area contributed by atoms with Crippen LogP contribution in [0.25, 0.3) is 0 Å². The number of aliphatic carboxylic acids is 2. The summed E-state index contributed by atoms with van der Waals surface area (Å²) in [6, 6.07) is -5.27. The molecule has 9 N–H and O–H groups in total. The first-order valence-electron chi connectivity index (χ1n) is 9.78. The van der Waals surface area contributed by atoms with E-state index < -0.39 is 66.2 Å². The molecule has 14 heteroatoms. The van der Waals surface area contributed by atoms with Crippen molar-refractivity contribution >= 4 is 48.2 Å². The largest absolute Gasteiger partial charge is 0.481 e.